The van der Waals surface area contributed by atoms with Crippen molar-refractivity contribution in [3.05, 3.63) is 31.5 Å². The van der Waals surface area contributed by atoms with E-state index in [9.17, 15) is 0 Å². The van der Waals surface area contributed by atoms with Gasteiger partial charge in [0.2, 0.25) is 5.89 Å². The molecule has 1 saturated carbocycles. The fourth-order valence-electron chi connectivity index (χ4n) is 1.51. The second-order valence-corrected chi connectivity index (χ2v) is 6.55. The summed E-state index contributed by atoms with van der Waals surface area (Å²) in [6.07, 6.45) is 2.26. The molecule has 4 nitrogen and oxygen atoms in total. The maximum atomic E-state index is 6.08. The zero-order valence-electron chi connectivity index (χ0n) is 8.69. The van der Waals surface area contributed by atoms with E-state index in [0.29, 0.717) is 22.0 Å². The fourth-order valence-corrected chi connectivity index (χ4v) is 3.25. The molecule has 2 heterocycles. The standard InChI is InChI=1S/C10H9BrClN3OS/c11-5-3-6(17-8(5)12)7(13)9-14-10(16-15-9)4-1-2-4/h3-4,7H,1-2,13H2. The Labute approximate surface area is 115 Å². The minimum Gasteiger partial charge on any atom is -0.339 e. The highest BCUT2D eigenvalue weighted by Gasteiger charge is 2.30. The molecule has 1 aliphatic carbocycles. The van der Waals surface area contributed by atoms with Crippen molar-refractivity contribution in [1.29, 1.82) is 0 Å². The molecule has 90 valence electrons. The molecule has 1 fully saturated rings. The molecular weight excluding hydrogens is 326 g/mol. The van der Waals surface area contributed by atoms with Gasteiger partial charge in [0.25, 0.3) is 0 Å². The maximum Gasteiger partial charge on any atom is 0.229 e. The lowest BCUT2D eigenvalue weighted by molar-refractivity contribution is 0.372. The van der Waals surface area contributed by atoms with Crippen LogP contribution in [-0.2, 0) is 0 Å². The van der Waals surface area contributed by atoms with Gasteiger partial charge in [-0.25, -0.2) is 0 Å². The highest BCUT2D eigenvalue weighted by atomic mass is 79.9. The molecule has 17 heavy (non-hydrogen) atoms. The van der Waals surface area contributed by atoms with Gasteiger partial charge in [0.15, 0.2) is 5.82 Å². The average Bonchev–Trinajstić information content (AvgIpc) is 2.95. The zero-order chi connectivity index (χ0) is 12.0. The minimum absolute atomic E-state index is 0.375. The molecule has 0 aliphatic heterocycles. The van der Waals surface area contributed by atoms with Crippen LogP contribution in [0.1, 0.15) is 41.4 Å². The molecule has 2 N–H and O–H groups in total. The van der Waals surface area contributed by atoms with Gasteiger partial charge in [0, 0.05) is 15.3 Å². The first-order chi connectivity index (χ1) is 8.15. The SMILES string of the molecule is NC(c1noc(C2CC2)n1)c1cc(Br)c(Cl)s1. The molecule has 7 heteroatoms. The predicted molar refractivity (Wildman–Crippen MR) is 69.3 cm³/mol. The Hall–Kier alpha value is -0.430. The van der Waals surface area contributed by atoms with Crippen molar-refractivity contribution >= 4 is 38.9 Å². The van der Waals surface area contributed by atoms with Gasteiger partial charge in [-0.05, 0) is 34.8 Å². The second kappa shape index (κ2) is 4.35. The van der Waals surface area contributed by atoms with Crippen LogP contribution in [0, 0.1) is 0 Å². The Morgan fingerprint density at radius 3 is 2.94 bits per heavy atom. The van der Waals surface area contributed by atoms with Gasteiger partial charge in [0.1, 0.15) is 10.4 Å². The third kappa shape index (κ3) is 2.27. The van der Waals surface area contributed by atoms with Crippen LogP contribution in [0.3, 0.4) is 0 Å². The van der Waals surface area contributed by atoms with Crippen molar-refractivity contribution in [2.75, 3.05) is 0 Å². The largest absolute Gasteiger partial charge is 0.339 e. The van der Waals surface area contributed by atoms with Gasteiger partial charge in [-0.15, -0.1) is 11.3 Å². The fraction of sp³-hybridized carbons (Fsp3) is 0.400. The summed E-state index contributed by atoms with van der Waals surface area (Å²) in [5.74, 6) is 1.68. The lowest BCUT2D eigenvalue weighted by Gasteiger charge is -2.01. The van der Waals surface area contributed by atoms with Crippen LogP contribution >= 0.6 is 38.9 Å². The number of hydrogen-bond donors (Lipinski definition) is 1. The predicted octanol–water partition coefficient (Wildman–Crippen LogP) is 3.47. The van der Waals surface area contributed by atoms with E-state index in [1.54, 1.807) is 0 Å². The van der Waals surface area contributed by atoms with Gasteiger partial charge in [-0.1, -0.05) is 16.8 Å². The number of aromatic nitrogens is 2. The first kappa shape index (κ1) is 11.6. The Morgan fingerprint density at radius 1 is 1.59 bits per heavy atom. The Kier molecular flexibility index (Phi) is 2.98. The third-order valence-corrected chi connectivity index (χ3v) is 5.19. The van der Waals surface area contributed by atoms with E-state index in [-0.39, 0.29) is 6.04 Å². The molecule has 1 unspecified atom stereocenters. The number of nitrogens with zero attached hydrogens (tertiary/aromatic N) is 2. The molecule has 3 rings (SSSR count). The summed E-state index contributed by atoms with van der Waals surface area (Å²) in [5.41, 5.74) is 6.08. The molecule has 0 aromatic carbocycles. The number of halogens is 2. The van der Waals surface area contributed by atoms with Crippen LogP contribution in [0.5, 0.6) is 0 Å². The van der Waals surface area contributed by atoms with Crippen LogP contribution in [0.15, 0.2) is 15.1 Å². The molecule has 1 atom stereocenters. The van der Waals surface area contributed by atoms with Gasteiger partial charge in [0.05, 0.1) is 0 Å². The summed E-state index contributed by atoms with van der Waals surface area (Å²) in [6.45, 7) is 0. The molecule has 1 aliphatic rings. The molecule has 0 spiro atoms. The van der Waals surface area contributed by atoms with E-state index in [0.717, 1.165) is 22.2 Å². The lowest BCUT2D eigenvalue weighted by Crippen LogP contribution is -2.12. The van der Waals surface area contributed by atoms with Crippen molar-refractivity contribution in [2.45, 2.75) is 24.8 Å². The third-order valence-electron chi connectivity index (χ3n) is 2.63. The number of hydrogen-bond acceptors (Lipinski definition) is 5. The summed E-state index contributed by atoms with van der Waals surface area (Å²) >= 11 is 10.8. The van der Waals surface area contributed by atoms with E-state index in [1.807, 2.05) is 6.07 Å². The van der Waals surface area contributed by atoms with Crippen LogP contribution in [0.2, 0.25) is 4.34 Å². The molecular formula is C10H9BrClN3OS. The van der Waals surface area contributed by atoms with Crippen LogP contribution < -0.4 is 5.73 Å². The molecule has 2 aromatic heterocycles. The molecule has 0 amide bonds. The van der Waals surface area contributed by atoms with E-state index < -0.39 is 0 Å². The molecule has 0 bridgehead atoms. The number of rotatable bonds is 3. The quantitative estimate of drug-likeness (QED) is 0.933. The minimum atomic E-state index is -0.375. The van der Waals surface area contributed by atoms with Crippen LogP contribution in [0.25, 0.3) is 0 Å². The van der Waals surface area contributed by atoms with Gasteiger partial charge in [-0.2, -0.15) is 4.98 Å². The summed E-state index contributed by atoms with van der Waals surface area (Å²) < 4.78 is 6.72. The molecule has 0 radical (unpaired) electrons. The smallest absolute Gasteiger partial charge is 0.229 e. The van der Waals surface area contributed by atoms with Crippen LogP contribution in [0.4, 0.5) is 0 Å². The average molecular weight is 335 g/mol. The highest BCUT2D eigenvalue weighted by Crippen LogP contribution is 2.40. The summed E-state index contributed by atoms with van der Waals surface area (Å²) in [4.78, 5) is 5.25. The van der Waals surface area contributed by atoms with Crippen molar-refractivity contribution in [3.8, 4) is 0 Å². The van der Waals surface area contributed by atoms with E-state index in [1.165, 1.54) is 11.3 Å². The Morgan fingerprint density at radius 2 is 2.35 bits per heavy atom. The second-order valence-electron chi connectivity index (χ2n) is 4.01. The van der Waals surface area contributed by atoms with Gasteiger partial charge in [-0.3, -0.25) is 0 Å². The zero-order valence-corrected chi connectivity index (χ0v) is 11.8. The molecule has 0 saturated heterocycles. The van der Waals surface area contributed by atoms with Crippen molar-refractivity contribution in [3.63, 3.8) is 0 Å². The molecule has 2 aromatic rings. The maximum absolute atomic E-state index is 6.08. The summed E-state index contributed by atoms with van der Waals surface area (Å²) in [6, 6.07) is 1.52. The van der Waals surface area contributed by atoms with E-state index in [2.05, 4.69) is 26.1 Å². The monoisotopic (exact) mass is 333 g/mol. The van der Waals surface area contributed by atoms with Crippen molar-refractivity contribution in [2.24, 2.45) is 5.73 Å². The van der Waals surface area contributed by atoms with E-state index >= 15 is 0 Å². The Balaban J connectivity index is 1.86. The van der Waals surface area contributed by atoms with Gasteiger partial charge >= 0.3 is 0 Å². The summed E-state index contributed by atoms with van der Waals surface area (Å²) in [7, 11) is 0. The lowest BCUT2D eigenvalue weighted by atomic mass is 10.2. The summed E-state index contributed by atoms with van der Waals surface area (Å²) in [5, 5.41) is 3.93. The Bertz CT molecular complexity index is 532. The van der Waals surface area contributed by atoms with E-state index in [4.69, 9.17) is 21.9 Å². The first-order valence-corrected chi connectivity index (χ1v) is 7.17. The number of thiophene rings is 1. The van der Waals surface area contributed by atoms with Gasteiger partial charge < -0.3 is 10.3 Å². The normalized spacial score (nSPS) is 17.4. The number of nitrogens with two attached hydrogens (primary N) is 1. The van der Waals surface area contributed by atoms with Crippen molar-refractivity contribution in [1.82, 2.24) is 10.1 Å². The first-order valence-electron chi connectivity index (χ1n) is 5.19. The highest BCUT2D eigenvalue weighted by molar-refractivity contribution is 9.10. The topological polar surface area (TPSA) is 64.9 Å². The van der Waals surface area contributed by atoms with Crippen LogP contribution in [-0.4, -0.2) is 10.1 Å². The van der Waals surface area contributed by atoms with Crippen molar-refractivity contribution < 1.29 is 4.52 Å².